The van der Waals surface area contributed by atoms with Gasteiger partial charge in [-0.2, -0.15) is 5.10 Å². The minimum absolute atomic E-state index is 0.153. The van der Waals surface area contributed by atoms with E-state index in [4.69, 9.17) is 9.47 Å². The van der Waals surface area contributed by atoms with Crippen LogP contribution < -0.4 is 14.9 Å². The van der Waals surface area contributed by atoms with Crippen LogP contribution in [-0.2, 0) is 11.2 Å². The molecule has 1 heterocycles. The van der Waals surface area contributed by atoms with Gasteiger partial charge in [0.05, 0.1) is 26.0 Å². The highest BCUT2D eigenvalue weighted by molar-refractivity contribution is 5.83. The third-order valence-corrected chi connectivity index (χ3v) is 4.10. The molecule has 1 amide bonds. The van der Waals surface area contributed by atoms with Crippen molar-refractivity contribution in [1.29, 1.82) is 0 Å². The Morgan fingerprint density at radius 2 is 1.93 bits per heavy atom. The van der Waals surface area contributed by atoms with Crippen LogP contribution in [0.5, 0.6) is 11.5 Å². The number of aromatic nitrogens is 1. The van der Waals surface area contributed by atoms with Gasteiger partial charge < -0.3 is 9.47 Å². The Hall–Kier alpha value is -3.41. The van der Waals surface area contributed by atoms with Crippen LogP contribution in [0.25, 0.3) is 10.9 Å². The van der Waals surface area contributed by atoms with Gasteiger partial charge >= 0.3 is 0 Å². The van der Waals surface area contributed by atoms with Crippen LogP contribution in [0.1, 0.15) is 17.5 Å². The second-order valence-electron chi connectivity index (χ2n) is 5.94. The Bertz CT molecular complexity index is 970. The van der Waals surface area contributed by atoms with Gasteiger partial charge in [0.1, 0.15) is 0 Å². The molecular formula is C21H21N3O3. The van der Waals surface area contributed by atoms with E-state index in [9.17, 15) is 4.79 Å². The average molecular weight is 363 g/mol. The molecule has 0 saturated carbocycles. The van der Waals surface area contributed by atoms with E-state index in [-0.39, 0.29) is 5.91 Å². The molecule has 1 aromatic heterocycles. The highest BCUT2D eigenvalue weighted by atomic mass is 16.5. The van der Waals surface area contributed by atoms with Crippen molar-refractivity contribution >= 4 is 23.0 Å². The standard InChI is InChI=1S/C21H21N3O3/c1-26-19-9-7-16(12-20(19)27-2)14-23-24-21(25)10-8-15-11-17-5-3-4-6-18(17)22-13-15/h3-7,9,11-14H,8,10H2,1-2H3,(H,24,25)/b23-14+. The third kappa shape index (κ3) is 4.82. The van der Waals surface area contributed by atoms with E-state index in [0.29, 0.717) is 24.3 Å². The summed E-state index contributed by atoms with van der Waals surface area (Å²) in [6, 6.07) is 15.4. The zero-order chi connectivity index (χ0) is 19.1. The Kier molecular flexibility index (Phi) is 5.99. The first-order valence-electron chi connectivity index (χ1n) is 8.57. The number of hydrazone groups is 1. The van der Waals surface area contributed by atoms with E-state index in [1.54, 1.807) is 32.6 Å². The predicted octanol–water partition coefficient (Wildman–Crippen LogP) is 3.33. The molecule has 0 aliphatic carbocycles. The molecule has 0 spiro atoms. The lowest BCUT2D eigenvalue weighted by molar-refractivity contribution is -0.121. The predicted molar refractivity (Wildman–Crippen MR) is 105 cm³/mol. The number of amides is 1. The Labute approximate surface area is 157 Å². The molecular weight excluding hydrogens is 342 g/mol. The number of hydrogen-bond acceptors (Lipinski definition) is 5. The zero-order valence-corrected chi connectivity index (χ0v) is 15.3. The molecule has 0 fully saturated rings. The van der Waals surface area contributed by atoms with Crippen molar-refractivity contribution in [2.24, 2.45) is 5.10 Å². The molecule has 0 saturated heterocycles. The number of ether oxygens (including phenoxy) is 2. The molecule has 0 bridgehead atoms. The molecule has 3 aromatic rings. The number of carbonyl (C=O) groups is 1. The summed E-state index contributed by atoms with van der Waals surface area (Å²) in [4.78, 5) is 16.4. The van der Waals surface area contributed by atoms with Crippen LogP contribution in [0, 0.1) is 0 Å². The van der Waals surface area contributed by atoms with Crippen molar-refractivity contribution in [3.8, 4) is 11.5 Å². The highest BCUT2D eigenvalue weighted by Crippen LogP contribution is 2.26. The van der Waals surface area contributed by atoms with E-state index in [2.05, 4.69) is 21.6 Å². The van der Waals surface area contributed by atoms with Gasteiger partial charge in [0.2, 0.25) is 5.91 Å². The number of methoxy groups -OCH3 is 2. The maximum Gasteiger partial charge on any atom is 0.240 e. The normalized spacial score (nSPS) is 10.9. The summed E-state index contributed by atoms with van der Waals surface area (Å²) >= 11 is 0. The molecule has 2 aromatic carbocycles. The minimum Gasteiger partial charge on any atom is -0.493 e. The van der Waals surface area contributed by atoms with Crippen molar-refractivity contribution < 1.29 is 14.3 Å². The summed E-state index contributed by atoms with van der Waals surface area (Å²) in [5, 5.41) is 5.07. The molecule has 0 unspecified atom stereocenters. The van der Waals surface area contributed by atoms with Crippen molar-refractivity contribution in [1.82, 2.24) is 10.4 Å². The lowest BCUT2D eigenvalue weighted by Crippen LogP contribution is -2.17. The van der Waals surface area contributed by atoms with E-state index < -0.39 is 0 Å². The number of para-hydroxylation sites is 1. The quantitative estimate of drug-likeness (QED) is 0.516. The molecule has 27 heavy (non-hydrogen) atoms. The SMILES string of the molecule is COc1ccc(/C=N/NC(=O)CCc2cnc3ccccc3c2)cc1OC. The first-order valence-corrected chi connectivity index (χ1v) is 8.57. The third-order valence-electron chi connectivity index (χ3n) is 4.10. The lowest BCUT2D eigenvalue weighted by Gasteiger charge is -2.07. The van der Waals surface area contributed by atoms with Crippen LogP contribution in [0.15, 0.2) is 59.8 Å². The first-order chi connectivity index (χ1) is 13.2. The monoisotopic (exact) mass is 363 g/mol. The molecule has 1 N–H and O–H groups in total. The van der Waals surface area contributed by atoms with Gasteiger partial charge in [-0.3, -0.25) is 9.78 Å². The molecule has 3 rings (SSSR count). The number of benzene rings is 2. The van der Waals surface area contributed by atoms with Crippen molar-refractivity contribution in [2.75, 3.05) is 14.2 Å². The fourth-order valence-corrected chi connectivity index (χ4v) is 2.68. The van der Waals surface area contributed by atoms with Crippen molar-refractivity contribution in [3.05, 3.63) is 65.9 Å². The minimum atomic E-state index is -0.153. The molecule has 0 radical (unpaired) electrons. The summed E-state index contributed by atoms with van der Waals surface area (Å²) in [7, 11) is 3.15. The van der Waals surface area contributed by atoms with Crippen LogP contribution in [0.4, 0.5) is 0 Å². The van der Waals surface area contributed by atoms with Gasteiger partial charge in [-0.25, -0.2) is 5.43 Å². The summed E-state index contributed by atoms with van der Waals surface area (Å²) in [6.07, 6.45) is 4.32. The van der Waals surface area contributed by atoms with Crippen molar-refractivity contribution in [3.63, 3.8) is 0 Å². The zero-order valence-electron chi connectivity index (χ0n) is 15.3. The Morgan fingerprint density at radius 3 is 2.74 bits per heavy atom. The Balaban J connectivity index is 1.53. The molecule has 6 nitrogen and oxygen atoms in total. The number of nitrogens with zero attached hydrogens (tertiary/aromatic N) is 2. The fourth-order valence-electron chi connectivity index (χ4n) is 2.68. The molecule has 0 aliphatic rings. The highest BCUT2D eigenvalue weighted by Gasteiger charge is 2.04. The second kappa shape index (κ2) is 8.80. The summed E-state index contributed by atoms with van der Waals surface area (Å²) < 4.78 is 10.4. The molecule has 0 aliphatic heterocycles. The van der Waals surface area contributed by atoms with E-state index in [0.717, 1.165) is 22.0 Å². The van der Waals surface area contributed by atoms with Crippen LogP contribution in [-0.4, -0.2) is 31.3 Å². The van der Waals surface area contributed by atoms with Gasteiger partial charge in [-0.1, -0.05) is 18.2 Å². The van der Waals surface area contributed by atoms with Gasteiger partial charge in [0.25, 0.3) is 0 Å². The maximum atomic E-state index is 12.0. The first kappa shape index (κ1) is 18.4. The summed E-state index contributed by atoms with van der Waals surface area (Å²) in [6.45, 7) is 0. The maximum absolute atomic E-state index is 12.0. The molecule has 138 valence electrons. The van der Waals surface area contributed by atoms with Gasteiger partial charge in [-0.15, -0.1) is 0 Å². The van der Waals surface area contributed by atoms with Crippen LogP contribution >= 0.6 is 0 Å². The van der Waals surface area contributed by atoms with Gasteiger partial charge in [0, 0.05) is 18.0 Å². The van der Waals surface area contributed by atoms with Crippen LogP contribution in [0.3, 0.4) is 0 Å². The number of carbonyl (C=O) groups excluding carboxylic acids is 1. The van der Waals surface area contributed by atoms with Crippen LogP contribution in [0.2, 0.25) is 0 Å². The summed E-state index contributed by atoms with van der Waals surface area (Å²) in [5.74, 6) is 1.10. The van der Waals surface area contributed by atoms with E-state index >= 15 is 0 Å². The lowest BCUT2D eigenvalue weighted by atomic mass is 10.1. The average Bonchev–Trinajstić information content (AvgIpc) is 2.72. The largest absolute Gasteiger partial charge is 0.493 e. The molecule has 0 atom stereocenters. The van der Waals surface area contributed by atoms with Crippen molar-refractivity contribution in [2.45, 2.75) is 12.8 Å². The van der Waals surface area contributed by atoms with Gasteiger partial charge in [-0.05, 0) is 47.9 Å². The number of hydrogen-bond donors (Lipinski definition) is 1. The second-order valence-corrected chi connectivity index (χ2v) is 5.94. The van der Waals surface area contributed by atoms with Gasteiger partial charge in [0.15, 0.2) is 11.5 Å². The number of fused-ring (bicyclic) bond motifs is 1. The fraction of sp³-hybridized carbons (Fsp3) is 0.190. The molecule has 6 heteroatoms. The number of rotatable bonds is 7. The smallest absolute Gasteiger partial charge is 0.240 e. The van der Waals surface area contributed by atoms with E-state index in [1.807, 2.05) is 36.5 Å². The topological polar surface area (TPSA) is 72.8 Å². The Morgan fingerprint density at radius 1 is 1.11 bits per heavy atom. The number of aryl methyl sites for hydroxylation is 1. The number of pyridine rings is 1. The number of nitrogens with one attached hydrogen (secondary N) is 1. The van der Waals surface area contributed by atoms with E-state index in [1.165, 1.54) is 0 Å². The summed E-state index contributed by atoms with van der Waals surface area (Å²) in [5.41, 5.74) is 5.31.